The number of fused-ring (bicyclic) bond motifs is 3. The van der Waals surface area contributed by atoms with Crippen molar-refractivity contribution >= 4 is 18.0 Å². The number of esters is 1. The molecule has 0 aromatic carbocycles. The van der Waals surface area contributed by atoms with Crippen molar-refractivity contribution in [2.45, 2.75) is 44.4 Å². The Kier molecular flexibility index (Phi) is 5.88. The second-order valence-corrected chi connectivity index (χ2v) is 7.14. The maximum Gasteiger partial charge on any atom is 0.508 e. The molecule has 5 atom stereocenters. The molecular formula is C20H25NO7. The topological polar surface area (TPSA) is 102 Å². The molecule has 152 valence electrons. The second kappa shape index (κ2) is 8.18. The van der Waals surface area contributed by atoms with Crippen LogP contribution in [0.15, 0.2) is 36.6 Å². The highest BCUT2D eigenvalue weighted by atomic mass is 16.7. The molecule has 1 N–H and O–H groups in total. The smallest absolute Gasteiger partial charge is 0.457 e. The number of aliphatic hydroxyl groups is 1. The molecule has 1 aliphatic carbocycles. The monoisotopic (exact) mass is 391 g/mol. The Balaban J connectivity index is 1.81. The third-order valence-corrected chi connectivity index (χ3v) is 5.50. The molecule has 3 aliphatic rings. The van der Waals surface area contributed by atoms with Crippen LogP contribution in [0.25, 0.3) is 0 Å². The molecule has 28 heavy (non-hydrogen) atoms. The van der Waals surface area contributed by atoms with E-state index in [0.717, 1.165) is 12.8 Å². The fourth-order valence-electron chi connectivity index (χ4n) is 4.42. The molecule has 0 bridgehead atoms. The van der Waals surface area contributed by atoms with E-state index in [4.69, 9.17) is 14.2 Å². The zero-order valence-electron chi connectivity index (χ0n) is 15.8. The SMILES string of the molecule is C=CCOC(=O)O[C@H](C)[C@H]1C(=O)N2C(C(=O)OCC=C)=C3[C@@H](O)CCC[C@@H]3[C@H]12. The number of carbonyl (C=O) groups is 3. The number of rotatable bonds is 7. The van der Waals surface area contributed by atoms with Gasteiger partial charge in [-0.05, 0) is 31.8 Å². The van der Waals surface area contributed by atoms with Gasteiger partial charge in [-0.2, -0.15) is 0 Å². The Morgan fingerprint density at radius 3 is 2.61 bits per heavy atom. The van der Waals surface area contributed by atoms with Crippen LogP contribution in [-0.2, 0) is 23.8 Å². The van der Waals surface area contributed by atoms with Gasteiger partial charge in [0.15, 0.2) is 0 Å². The molecule has 2 aliphatic heterocycles. The maximum absolute atomic E-state index is 12.9. The van der Waals surface area contributed by atoms with Crippen LogP contribution in [0.2, 0.25) is 0 Å². The molecule has 0 unspecified atom stereocenters. The molecule has 0 spiro atoms. The zero-order chi connectivity index (χ0) is 20.4. The second-order valence-electron chi connectivity index (χ2n) is 7.14. The van der Waals surface area contributed by atoms with Crippen LogP contribution >= 0.6 is 0 Å². The first kappa shape index (κ1) is 20.1. The number of aliphatic hydroxyl groups excluding tert-OH is 1. The van der Waals surface area contributed by atoms with Gasteiger partial charge in [0.25, 0.3) is 0 Å². The lowest BCUT2D eigenvalue weighted by Gasteiger charge is -2.48. The molecule has 0 aromatic rings. The summed E-state index contributed by atoms with van der Waals surface area (Å²) < 4.78 is 15.2. The normalized spacial score (nSPS) is 29.2. The first-order valence-electron chi connectivity index (χ1n) is 9.39. The highest BCUT2D eigenvalue weighted by Crippen LogP contribution is 2.52. The lowest BCUT2D eigenvalue weighted by Crippen LogP contribution is -2.64. The van der Waals surface area contributed by atoms with Crippen molar-refractivity contribution in [2.24, 2.45) is 11.8 Å². The Hall–Kier alpha value is -2.61. The molecule has 1 saturated heterocycles. The van der Waals surface area contributed by atoms with E-state index in [1.165, 1.54) is 17.1 Å². The Morgan fingerprint density at radius 1 is 1.25 bits per heavy atom. The predicted octanol–water partition coefficient (Wildman–Crippen LogP) is 1.70. The highest BCUT2D eigenvalue weighted by Gasteiger charge is 2.63. The molecule has 3 rings (SSSR count). The molecular weight excluding hydrogens is 366 g/mol. The van der Waals surface area contributed by atoms with Crippen LogP contribution in [0.5, 0.6) is 0 Å². The van der Waals surface area contributed by atoms with Crippen LogP contribution in [-0.4, -0.2) is 59.5 Å². The summed E-state index contributed by atoms with van der Waals surface area (Å²) in [6.45, 7) is 8.62. The third-order valence-electron chi connectivity index (χ3n) is 5.50. The van der Waals surface area contributed by atoms with Gasteiger partial charge in [-0.3, -0.25) is 4.79 Å². The minimum Gasteiger partial charge on any atom is -0.457 e. The average Bonchev–Trinajstić information content (AvgIpc) is 2.96. The summed E-state index contributed by atoms with van der Waals surface area (Å²) in [5, 5.41) is 10.5. The van der Waals surface area contributed by atoms with Crippen molar-refractivity contribution in [3.8, 4) is 0 Å². The van der Waals surface area contributed by atoms with Gasteiger partial charge in [0.05, 0.1) is 18.1 Å². The number of nitrogens with zero attached hydrogens (tertiary/aromatic N) is 1. The number of hydrogen-bond acceptors (Lipinski definition) is 7. The maximum atomic E-state index is 12.9. The molecule has 8 heteroatoms. The van der Waals surface area contributed by atoms with Crippen LogP contribution < -0.4 is 0 Å². The summed E-state index contributed by atoms with van der Waals surface area (Å²) in [7, 11) is 0. The molecule has 0 radical (unpaired) electrons. The molecule has 0 aromatic heterocycles. The van der Waals surface area contributed by atoms with E-state index in [1.54, 1.807) is 6.92 Å². The zero-order valence-corrected chi connectivity index (χ0v) is 15.8. The number of carbonyl (C=O) groups excluding carboxylic acids is 3. The van der Waals surface area contributed by atoms with E-state index in [2.05, 4.69) is 13.2 Å². The summed E-state index contributed by atoms with van der Waals surface area (Å²) in [5.74, 6) is -1.73. The molecule has 2 fully saturated rings. The lowest BCUT2D eigenvalue weighted by molar-refractivity contribution is -0.165. The standard InChI is InChI=1S/C20H25NO7/c1-4-9-26-19(24)17-15-12(7-6-8-13(15)22)16-14(18(23)21(16)17)11(3)28-20(25)27-10-5-2/h4-5,11-14,16,22H,1-2,6-10H2,3H3/t11-,12+,13+,14-,16-/m1/s1. The van der Waals surface area contributed by atoms with Gasteiger partial charge in [0.1, 0.15) is 25.0 Å². The number of β-lactam (4-membered cyclic amide) rings is 1. The third kappa shape index (κ3) is 3.32. The molecule has 1 amide bonds. The number of ether oxygens (including phenoxy) is 3. The van der Waals surface area contributed by atoms with E-state index in [9.17, 15) is 19.5 Å². The van der Waals surface area contributed by atoms with Gasteiger partial charge in [-0.25, -0.2) is 9.59 Å². The van der Waals surface area contributed by atoms with E-state index in [0.29, 0.717) is 12.0 Å². The van der Waals surface area contributed by atoms with Gasteiger partial charge in [0, 0.05) is 5.92 Å². The van der Waals surface area contributed by atoms with Crippen molar-refractivity contribution in [1.82, 2.24) is 4.90 Å². The van der Waals surface area contributed by atoms with E-state index in [-0.39, 0.29) is 36.8 Å². The fraction of sp³-hybridized carbons (Fsp3) is 0.550. The largest absolute Gasteiger partial charge is 0.508 e. The van der Waals surface area contributed by atoms with Crippen molar-refractivity contribution < 1.29 is 33.7 Å². The van der Waals surface area contributed by atoms with Crippen molar-refractivity contribution in [3.05, 3.63) is 36.6 Å². The van der Waals surface area contributed by atoms with Gasteiger partial charge >= 0.3 is 12.1 Å². The molecule has 8 nitrogen and oxygen atoms in total. The van der Waals surface area contributed by atoms with Crippen molar-refractivity contribution in [2.75, 3.05) is 13.2 Å². The van der Waals surface area contributed by atoms with Gasteiger partial charge in [-0.15, -0.1) is 0 Å². The summed E-state index contributed by atoms with van der Waals surface area (Å²) in [6, 6.07) is -0.342. The quantitative estimate of drug-likeness (QED) is 0.400. The van der Waals surface area contributed by atoms with E-state index < -0.39 is 30.3 Å². The minimum atomic E-state index is -0.876. The minimum absolute atomic E-state index is 0.0134. The van der Waals surface area contributed by atoms with Crippen LogP contribution in [0.4, 0.5) is 4.79 Å². The first-order valence-corrected chi connectivity index (χ1v) is 9.39. The first-order chi connectivity index (χ1) is 13.4. The van der Waals surface area contributed by atoms with Gasteiger partial charge in [-0.1, -0.05) is 25.3 Å². The Bertz CT molecular complexity index is 728. The average molecular weight is 391 g/mol. The van der Waals surface area contributed by atoms with Crippen LogP contribution in [0, 0.1) is 11.8 Å². The summed E-state index contributed by atoms with van der Waals surface area (Å²) in [6.07, 6.45) is 2.51. The van der Waals surface area contributed by atoms with E-state index >= 15 is 0 Å². The summed E-state index contributed by atoms with van der Waals surface area (Å²) >= 11 is 0. The number of hydrogen-bond donors (Lipinski definition) is 1. The predicted molar refractivity (Wildman–Crippen MR) is 97.7 cm³/mol. The highest BCUT2D eigenvalue weighted by molar-refractivity contribution is 6.01. The number of amides is 1. The van der Waals surface area contributed by atoms with Crippen LogP contribution in [0.3, 0.4) is 0 Å². The van der Waals surface area contributed by atoms with Crippen molar-refractivity contribution in [3.63, 3.8) is 0 Å². The Morgan fingerprint density at radius 2 is 1.93 bits per heavy atom. The van der Waals surface area contributed by atoms with Gasteiger partial charge in [0.2, 0.25) is 5.91 Å². The molecule has 2 heterocycles. The summed E-state index contributed by atoms with van der Waals surface area (Å²) in [5.41, 5.74) is 0.689. The van der Waals surface area contributed by atoms with E-state index in [1.807, 2.05) is 0 Å². The van der Waals surface area contributed by atoms with Crippen LogP contribution in [0.1, 0.15) is 26.2 Å². The van der Waals surface area contributed by atoms with Gasteiger partial charge < -0.3 is 24.2 Å². The fourth-order valence-corrected chi connectivity index (χ4v) is 4.42. The van der Waals surface area contributed by atoms with Crippen molar-refractivity contribution in [1.29, 1.82) is 0 Å². The summed E-state index contributed by atoms with van der Waals surface area (Å²) in [4.78, 5) is 38.6. The lowest BCUT2D eigenvalue weighted by atomic mass is 9.72. The molecule has 1 saturated carbocycles. The Labute approximate surface area is 163 Å².